The molecule has 1 aliphatic carbocycles. The van der Waals surface area contributed by atoms with Crippen LogP contribution in [0.5, 0.6) is 0 Å². The van der Waals surface area contributed by atoms with Crippen LogP contribution in [0.15, 0.2) is 24.5 Å². The number of likely N-dealkylation sites (tertiary alicyclic amines) is 1. The molecule has 2 aliphatic rings. The Kier molecular flexibility index (Phi) is 4.25. The minimum Gasteiger partial charge on any atom is -0.339 e. The second kappa shape index (κ2) is 6.52. The summed E-state index contributed by atoms with van der Waals surface area (Å²) in [7, 11) is 0. The van der Waals surface area contributed by atoms with Gasteiger partial charge in [-0.1, -0.05) is 12.8 Å². The van der Waals surface area contributed by atoms with Crippen LogP contribution in [0.2, 0.25) is 0 Å². The fourth-order valence-electron chi connectivity index (χ4n) is 3.86. The number of carbonyl (C=O) groups is 1. The van der Waals surface area contributed by atoms with Gasteiger partial charge in [-0.2, -0.15) is 0 Å². The molecule has 1 saturated heterocycles. The van der Waals surface area contributed by atoms with Crippen molar-refractivity contribution in [3.63, 3.8) is 0 Å². The summed E-state index contributed by atoms with van der Waals surface area (Å²) in [6.07, 6.45) is 13.6. The van der Waals surface area contributed by atoms with E-state index in [1.807, 2.05) is 23.5 Å². The van der Waals surface area contributed by atoms with Gasteiger partial charge in [0, 0.05) is 30.4 Å². The maximum Gasteiger partial charge on any atom is 0.257 e. The number of hydrogen-bond donors (Lipinski definition) is 0. The molecule has 0 aromatic carbocycles. The third-order valence-electron chi connectivity index (χ3n) is 5.10. The van der Waals surface area contributed by atoms with E-state index < -0.39 is 0 Å². The molecule has 0 unspecified atom stereocenters. The number of carbonyl (C=O) groups excluding carboxylic acids is 1. The van der Waals surface area contributed by atoms with Crippen LogP contribution in [-0.4, -0.2) is 28.5 Å². The van der Waals surface area contributed by atoms with Gasteiger partial charge in [-0.15, -0.1) is 11.3 Å². The number of rotatable bonds is 2. The van der Waals surface area contributed by atoms with Crippen molar-refractivity contribution in [2.45, 2.75) is 51.4 Å². The lowest BCUT2D eigenvalue weighted by atomic mass is 9.95. The normalized spacial score (nSPS) is 18.5. The monoisotopic (exact) mass is 328 g/mol. The van der Waals surface area contributed by atoms with Gasteiger partial charge < -0.3 is 9.47 Å². The molecule has 1 aliphatic heterocycles. The van der Waals surface area contributed by atoms with Crippen LogP contribution < -0.4 is 0 Å². The predicted octanol–water partition coefficient (Wildman–Crippen LogP) is 4.43. The van der Waals surface area contributed by atoms with Crippen LogP contribution in [0.25, 0.3) is 5.00 Å². The number of nitrogens with zero attached hydrogens (tertiary/aromatic N) is 2. The number of thiophene rings is 1. The summed E-state index contributed by atoms with van der Waals surface area (Å²) in [5.41, 5.74) is 2.35. The van der Waals surface area contributed by atoms with Crippen molar-refractivity contribution in [2.24, 2.45) is 0 Å². The predicted molar refractivity (Wildman–Crippen MR) is 94.7 cm³/mol. The van der Waals surface area contributed by atoms with Crippen molar-refractivity contribution >= 4 is 17.2 Å². The maximum atomic E-state index is 13.3. The Labute approximate surface area is 141 Å². The van der Waals surface area contributed by atoms with Gasteiger partial charge in [-0.3, -0.25) is 4.79 Å². The van der Waals surface area contributed by atoms with E-state index >= 15 is 0 Å². The molecule has 4 heteroatoms. The summed E-state index contributed by atoms with van der Waals surface area (Å²) in [5.74, 6) is 0.273. The summed E-state index contributed by atoms with van der Waals surface area (Å²) in [5, 5.41) is 1.14. The van der Waals surface area contributed by atoms with Crippen molar-refractivity contribution < 1.29 is 4.79 Å². The summed E-state index contributed by atoms with van der Waals surface area (Å²) in [6.45, 7) is 1.85. The first-order valence-electron chi connectivity index (χ1n) is 8.92. The zero-order valence-corrected chi connectivity index (χ0v) is 14.4. The van der Waals surface area contributed by atoms with Crippen LogP contribution in [0.3, 0.4) is 0 Å². The second-order valence-corrected chi connectivity index (χ2v) is 7.77. The van der Waals surface area contributed by atoms with E-state index in [2.05, 4.69) is 21.9 Å². The molecule has 4 rings (SSSR count). The third kappa shape index (κ3) is 2.85. The third-order valence-corrected chi connectivity index (χ3v) is 6.40. The van der Waals surface area contributed by atoms with Gasteiger partial charge >= 0.3 is 0 Å². The zero-order valence-electron chi connectivity index (χ0n) is 13.6. The van der Waals surface area contributed by atoms with Crippen LogP contribution in [0.4, 0.5) is 0 Å². The molecular weight excluding hydrogens is 304 g/mol. The van der Waals surface area contributed by atoms with Crippen LogP contribution in [-0.2, 0) is 12.8 Å². The highest BCUT2D eigenvalue weighted by molar-refractivity contribution is 7.15. The summed E-state index contributed by atoms with van der Waals surface area (Å²) in [6, 6.07) is 4.08. The SMILES string of the molecule is O=C(c1c(-n2cccc2)sc2c1CCCC2)N1CCCCCC1. The molecule has 1 fully saturated rings. The van der Waals surface area contributed by atoms with Gasteiger partial charge in [0.1, 0.15) is 5.00 Å². The maximum absolute atomic E-state index is 13.3. The highest BCUT2D eigenvalue weighted by Crippen LogP contribution is 2.37. The quantitative estimate of drug-likeness (QED) is 0.800. The molecule has 122 valence electrons. The highest BCUT2D eigenvalue weighted by Gasteiger charge is 2.29. The molecule has 0 atom stereocenters. The van der Waals surface area contributed by atoms with Gasteiger partial charge in [-0.25, -0.2) is 0 Å². The average molecular weight is 328 g/mol. The molecule has 0 radical (unpaired) electrons. The molecular formula is C19H24N2OS. The van der Waals surface area contributed by atoms with E-state index in [0.29, 0.717) is 0 Å². The smallest absolute Gasteiger partial charge is 0.257 e. The van der Waals surface area contributed by atoms with Crippen molar-refractivity contribution in [1.82, 2.24) is 9.47 Å². The Morgan fingerprint density at radius 3 is 2.35 bits per heavy atom. The molecule has 0 bridgehead atoms. The van der Waals surface area contributed by atoms with Crippen molar-refractivity contribution in [2.75, 3.05) is 13.1 Å². The topological polar surface area (TPSA) is 25.2 Å². The molecule has 1 amide bonds. The standard InChI is InChI=1S/C19H24N2OS/c22-18(20-11-5-1-2-6-12-20)17-15-9-3-4-10-16(15)23-19(17)21-13-7-8-14-21/h7-8,13-14H,1-6,9-12H2. The number of aromatic nitrogens is 1. The summed E-state index contributed by atoms with van der Waals surface area (Å²) >= 11 is 1.83. The second-order valence-electron chi connectivity index (χ2n) is 6.69. The van der Waals surface area contributed by atoms with Crippen molar-refractivity contribution in [3.05, 3.63) is 40.5 Å². The molecule has 3 heterocycles. The van der Waals surface area contributed by atoms with Crippen molar-refractivity contribution in [3.8, 4) is 5.00 Å². The lowest BCUT2D eigenvalue weighted by Gasteiger charge is -2.22. The average Bonchev–Trinajstić information content (AvgIpc) is 3.14. The minimum atomic E-state index is 0.273. The Hall–Kier alpha value is -1.55. The summed E-state index contributed by atoms with van der Waals surface area (Å²) in [4.78, 5) is 16.9. The summed E-state index contributed by atoms with van der Waals surface area (Å²) < 4.78 is 2.13. The highest BCUT2D eigenvalue weighted by atomic mass is 32.1. The molecule has 0 N–H and O–H groups in total. The fraction of sp³-hybridized carbons (Fsp3) is 0.526. The first kappa shape index (κ1) is 15.0. The van der Waals surface area contributed by atoms with E-state index in [-0.39, 0.29) is 5.91 Å². The van der Waals surface area contributed by atoms with Gasteiger partial charge in [0.2, 0.25) is 0 Å². The molecule has 23 heavy (non-hydrogen) atoms. The Balaban J connectivity index is 1.76. The van der Waals surface area contributed by atoms with E-state index in [9.17, 15) is 4.79 Å². The molecule has 3 nitrogen and oxygen atoms in total. The Bertz CT molecular complexity index is 679. The number of hydrogen-bond acceptors (Lipinski definition) is 2. The molecule has 2 aromatic heterocycles. The fourth-order valence-corrected chi connectivity index (χ4v) is 5.20. The van der Waals surface area contributed by atoms with E-state index in [1.54, 1.807) is 0 Å². The lowest BCUT2D eigenvalue weighted by Crippen LogP contribution is -2.33. The Morgan fingerprint density at radius 1 is 0.913 bits per heavy atom. The van der Waals surface area contributed by atoms with Crippen LogP contribution in [0, 0.1) is 0 Å². The van der Waals surface area contributed by atoms with Gasteiger partial charge in [0.25, 0.3) is 5.91 Å². The van der Waals surface area contributed by atoms with E-state index in [1.165, 1.54) is 36.1 Å². The zero-order chi connectivity index (χ0) is 15.6. The minimum absolute atomic E-state index is 0.273. The molecule has 0 saturated carbocycles. The van der Waals surface area contributed by atoms with Gasteiger partial charge in [0.15, 0.2) is 0 Å². The Morgan fingerprint density at radius 2 is 1.61 bits per heavy atom. The van der Waals surface area contributed by atoms with E-state index in [0.717, 1.165) is 49.3 Å². The largest absolute Gasteiger partial charge is 0.339 e. The number of amides is 1. The van der Waals surface area contributed by atoms with Crippen LogP contribution in [0.1, 0.15) is 59.3 Å². The molecule has 2 aromatic rings. The number of fused-ring (bicyclic) bond motifs is 1. The van der Waals surface area contributed by atoms with Crippen molar-refractivity contribution in [1.29, 1.82) is 0 Å². The van der Waals surface area contributed by atoms with E-state index in [4.69, 9.17) is 0 Å². The lowest BCUT2D eigenvalue weighted by molar-refractivity contribution is 0.0761. The van der Waals surface area contributed by atoms with Gasteiger partial charge in [-0.05, 0) is 56.2 Å². The molecule has 0 spiro atoms. The first-order chi connectivity index (χ1) is 11.3. The number of aryl methyl sites for hydroxylation is 1. The first-order valence-corrected chi connectivity index (χ1v) is 9.73. The van der Waals surface area contributed by atoms with Crippen LogP contribution >= 0.6 is 11.3 Å². The van der Waals surface area contributed by atoms with Gasteiger partial charge in [0.05, 0.1) is 5.56 Å².